The van der Waals surface area contributed by atoms with Gasteiger partial charge in [0.05, 0.1) is 12.1 Å². The third kappa shape index (κ3) is 3.10. The molecule has 0 bridgehead atoms. The molecular formula is C13H26ClN. The highest BCUT2D eigenvalue weighted by atomic mass is 35.5. The Labute approximate surface area is 101 Å². The Morgan fingerprint density at radius 1 is 1.13 bits per heavy atom. The van der Waals surface area contributed by atoms with E-state index in [2.05, 4.69) is 19.2 Å². The number of hydrogen-bond acceptors (Lipinski definition) is 0. The summed E-state index contributed by atoms with van der Waals surface area (Å²) in [6, 6.07) is 1.95. The lowest BCUT2D eigenvalue weighted by atomic mass is 9.71. The molecule has 2 aliphatic rings. The molecule has 1 heterocycles. The molecule has 4 atom stereocenters. The lowest BCUT2D eigenvalue weighted by Gasteiger charge is -2.40. The number of rotatable bonds is 2. The van der Waals surface area contributed by atoms with Crippen LogP contribution in [0.1, 0.15) is 58.8 Å². The van der Waals surface area contributed by atoms with E-state index in [9.17, 15) is 0 Å². The Balaban J connectivity index is 0.00000112. The molecule has 1 aliphatic carbocycles. The van der Waals surface area contributed by atoms with Crippen LogP contribution in [0.3, 0.4) is 0 Å². The summed E-state index contributed by atoms with van der Waals surface area (Å²) < 4.78 is 0. The largest absolute Gasteiger partial charge is 1.00 e. The van der Waals surface area contributed by atoms with Gasteiger partial charge in [-0.25, -0.2) is 0 Å². The summed E-state index contributed by atoms with van der Waals surface area (Å²) in [5.74, 6) is 2.06. The van der Waals surface area contributed by atoms with Crippen molar-refractivity contribution in [3.63, 3.8) is 0 Å². The molecule has 2 heteroatoms. The van der Waals surface area contributed by atoms with Crippen LogP contribution in [0.25, 0.3) is 0 Å². The molecule has 0 unspecified atom stereocenters. The van der Waals surface area contributed by atoms with Gasteiger partial charge in [-0.05, 0) is 44.4 Å². The Hall–Kier alpha value is 0.250. The average molecular weight is 232 g/mol. The lowest BCUT2D eigenvalue weighted by molar-refractivity contribution is -0.740. The summed E-state index contributed by atoms with van der Waals surface area (Å²) >= 11 is 0. The smallest absolute Gasteiger partial charge is 0.0892 e. The molecule has 0 aromatic rings. The van der Waals surface area contributed by atoms with Crippen LogP contribution in [-0.4, -0.2) is 12.1 Å². The van der Waals surface area contributed by atoms with Crippen molar-refractivity contribution in [2.45, 2.75) is 70.9 Å². The fraction of sp³-hybridized carbons (Fsp3) is 1.00. The van der Waals surface area contributed by atoms with Gasteiger partial charge in [-0.1, -0.05) is 20.3 Å². The molecule has 2 N–H and O–H groups in total. The van der Waals surface area contributed by atoms with E-state index < -0.39 is 0 Å². The summed E-state index contributed by atoms with van der Waals surface area (Å²) in [4.78, 5) is 0. The van der Waals surface area contributed by atoms with Crippen LogP contribution >= 0.6 is 0 Å². The summed E-state index contributed by atoms with van der Waals surface area (Å²) in [6.45, 7) is 4.80. The van der Waals surface area contributed by atoms with Crippen molar-refractivity contribution in [3.05, 3.63) is 0 Å². The molecule has 1 nitrogen and oxygen atoms in total. The number of nitrogens with two attached hydrogens (primary N) is 1. The Kier molecular flexibility index (Phi) is 5.42. The predicted octanol–water partition coefficient (Wildman–Crippen LogP) is -0.679. The third-order valence-corrected chi connectivity index (χ3v) is 4.53. The van der Waals surface area contributed by atoms with Crippen LogP contribution in [0.15, 0.2) is 0 Å². The van der Waals surface area contributed by atoms with Crippen LogP contribution in [0.4, 0.5) is 0 Å². The number of quaternary nitrogens is 1. The molecule has 15 heavy (non-hydrogen) atoms. The summed E-state index contributed by atoms with van der Waals surface area (Å²) in [7, 11) is 0. The van der Waals surface area contributed by atoms with Gasteiger partial charge in [-0.2, -0.15) is 0 Å². The van der Waals surface area contributed by atoms with Gasteiger partial charge in [0.1, 0.15) is 0 Å². The summed E-state index contributed by atoms with van der Waals surface area (Å²) in [5.41, 5.74) is 0. The Morgan fingerprint density at radius 2 is 1.93 bits per heavy atom. The molecule has 0 radical (unpaired) electrons. The molecule has 1 saturated heterocycles. The minimum absolute atomic E-state index is 0. The molecule has 2 rings (SSSR count). The van der Waals surface area contributed by atoms with Gasteiger partial charge in [0.15, 0.2) is 0 Å². The van der Waals surface area contributed by atoms with Crippen molar-refractivity contribution in [2.24, 2.45) is 11.8 Å². The fourth-order valence-corrected chi connectivity index (χ4v) is 3.73. The number of piperidine rings is 1. The standard InChI is InChI=1S/C13H25N.ClH/c1-3-5-11-8-9-12-10(2)6-4-7-13(12)14-11;/h10-14H,3-9H2,1-2H3;1H/t10-,11+,12-,13-;/m1./s1. The van der Waals surface area contributed by atoms with Crippen molar-refractivity contribution >= 4 is 0 Å². The van der Waals surface area contributed by atoms with Crippen LogP contribution in [0.5, 0.6) is 0 Å². The molecule has 2 fully saturated rings. The quantitative estimate of drug-likeness (QED) is 0.649. The topological polar surface area (TPSA) is 16.6 Å². The van der Waals surface area contributed by atoms with E-state index >= 15 is 0 Å². The zero-order valence-electron chi connectivity index (χ0n) is 10.2. The van der Waals surface area contributed by atoms with Gasteiger partial charge in [0.2, 0.25) is 0 Å². The molecule has 90 valence electrons. The summed E-state index contributed by atoms with van der Waals surface area (Å²) in [6.07, 6.45) is 10.3. The predicted molar refractivity (Wildman–Crippen MR) is 60.1 cm³/mol. The van der Waals surface area contributed by atoms with Crippen molar-refractivity contribution < 1.29 is 17.7 Å². The van der Waals surface area contributed by atoms with Crippen molar-refractivity contribution in [2.75, 3.05) is 0 Å². The first-order chi connectivity index (χ1) is 6.81. The van der Waals surface area contributed by atoms with Gasteiger partial charge < -0.3 is 17.7 Å². The van der Waals surface area contributed by atoms with Gasteiger partial charge in [0.25, 0.3) is 0 Å². The molecule has 1 saturated carbocycles. The van der Waals surface area contributed by atoms with E-state index in [0.717, 1.165) is 23.9 Å². The zero-order chi connectivity index (χ0) is 9.97. The normalized spacial score (nSPS) is 40.4. The van der Waals surface area contributed by atoms with Gasteiger partial charge >= 0.3 is 0 Å². The second kappa shape index (κ2) is 6.10. The average Bonchev–Trinajstić information content (AvgIpc) is 2.18. The van der Waals surface area contributed by atoms with Crippen LogP contribution < -0.4 is 17.7 Å². The van der Waals surface area contributed by atoms with Crippen molar-refractivity contribution in [1.29, 1.82) is 0 Å². The zero-order valence-corrected chi connectivity index (χ0v) is 11.0. The van der Waals surface area contributed by atoms with Gasteiger partial charge in [0, 0.05) is 5.92 Å². The second-order valence-corrected chi connectivity index (χ2v) is 5.55. The first kappa shape index (κ1) is 13.3. The highest BCUT2D eigenvalue weighted by Crippen LogP contribution is 2.34. The van der Waals surface area contributed by atoms with E-state index in [4.69, 9.17) is 0 Å². The minimum Gasteiger partial charge on any atom is -1.00 e. The Morgan fingerprint density at radius 3 is 2.67 bits per heavy atom. The van der Waals surface area contributed by atoms with Gasteiger partial charge in [-0.15, -0.1) is 0 Å². The van der Waals surface area contributed by atoms with E-state index in [1.807, 2.05) is 0 Å². The van der Waals surface area contributed by atoms with Gasteiger partial charge in [-0.3, -0.25) is 0 Å². The highest BCUT2D eigenvalue weighted by molar-refractivity contribution is 4.82. The SMILES string of the molecule is CCC[C@H]1CC[C@@H]2[C@H](C)CCC[C@H]2[NH2+]1.[Cl-]. The molecule has 0 spiro atoms. The van der Waals surface area contributed by atoms with Crippen molar-refractivity contribution in [1.82, 2.24) is 0 Å². The van der Waals surface area contributed by atoms with E-state index in [1.54, 1.807) is 0 Å². The first-order valence-corrected chi connectivity index (χ1v) is 6.66. The third-order valence-electron chi connectivity index (χ3n) is 4.53. The fourth-order valence-electron chi connectivity index (χ4n) is 3.73. The van der Waals surface area contributed by atoms with E-state index in [0.29, 0.717) is 0 Å². The number of halogens is 1. The number of fused-ring (bicyclic) bond motifs is 1. The molecule has 0 amide bonds. The molecule has 0 aromatic carbocycles. The van der Waals surface area contributed by atoms with Crippen LogP contribution in [-0.2, 0) is 0 Å². The lowest BCUT2D eigenvalue weighted by Crippen LogP contribution is -3.00. The molecule has 0 aromatic heterocycles. The van der Waals surface area contributed by atoms with Crippen molar-refractivity contribution in [3.8, 4) is 0 Å². The molecule has 1 aliphatic heterocycles. The maximum absolute atomic E-state index is 2.73. The summed E-state index contributed by atoms with van der Waals surface area (Å²) in [5, 5.41) is 2.73. The van der Waals surface area contributed by atoms with E-state index in [1.165, 1.54) is 44.9 Å². The maximum Gasteiger partial charge on any atom is 0.0892 e. The highest BCUT2D eigenvalue weighted by Gasteiger charge is 2.38. The number of hydrogen-bond donors (Lipinski definition) is 1. The maximum atomic E-state index is 2.73. The monoisotopic (exact) mass is 231 g/mol. The molecular weight excluding hydrogens is 206 g/mol. The van der Waals surface area contributed by atoms with E-state index in [-0.39, 0.29) is 12.4 Å². The van der Waals surface area contributed by atoms with Crippen LogP contribution in [0.2, 0.25) is 0 Å². The second-order valence-electron chi connectivity index (χ2n) is 5.55. The van der Waals surface area contributed by atoms with Crippen LogP contribution in [0, 0.1) is 11.8 Å². The Bertz CT molecular complexity index is 183. The first-order valence-electron chi connectivity index (χ1n) is 6.66. The minimum atomic E-state index is 0.